The Balaban J connectivity index is 1.75. The number of carbonyl (C=O) groups excluding carboxylic acids is 3. The van der Waals surface area contributed by atoms with Gasteiger partial charge >= 0.3 is 12.1 Å². The molecule has 0 bridgehead atoms. The Kier molecular flexibility index (Phi) is 12.9. The number of rotatable bonds is 15. The lowest BCUT2D eigenvalue weighted by Gasteiger charge is -2.35. The molecule has 0 saturated carbocycles. The van der Waals surface area contributed by atoms with Crippen molar-refractivity contribution in [1.29, 1.82) is 0 Å². The molecule has 0 radical (unpaired) electrons. The van der Waals surface area contributed by atoms with Crippen LogP contribution in [0.1, 0.15) is 30.3 Å². The molecule has 2 aromatic rings. The Labute approximate surface area is 243 Å². The van der Waals surface area contributed by atoms with Gasteiger partial charge < -0.3 is 39.2 Å². The summed E-state index contributed by atoms with van der Waals surface area (Å²) in [5.74, 6) is -1.87. The van der Waals surface area contributed by atoms with Gasteiger partial charge in [0.1, 0.15) is 18.3 Å². The molecule has 3 rings (SSSR count). The number of methoxy groups -OCH3 is 1. The maximum atomic E-state index is 13.4. The average Bonchev–Trinajstić information content (AvgIpc) is 3.01. The van der Waals surface area contributed by atoms with Crippen LogP contribution in [-0.4, -0.2) is 121 Å². The van der Waals surface area contributed by atoms with Gasteiger partial charge in [0.2, 0.25) is 11.8 Å². The first-order chi connectivity index (χ1) is 20.3. The van der Waals surface area contributed by atoms with Crippen LogP contribution < -0.4 is 10.1 Å². The molecule has 1 fully saturated rings. The number of carboxylic acids is 1. The zero-order valence-corrected chi connectivity index (χ0v) is 23.8. The van der Waals surface area contributed by atoms with E-state index in [1.165, 1.54) is 15.9 Å². The summed E-state index contributed by atoms with van der Waals surface area (Å²) in [5, 5.41) is 11.9. The lowest BCUT2D eigenvalue weighted by atomic mass is 10.1. The van der Waals surface area contributed by atoms with Crippen molar-refractivity contribution in [2.75, 3.05) is 66.3 Å². The standard InChI is InChI=1S/C28H37N5O9/c1-3-41-28(38)33-13-11-32(12-14-33)27(37)21(9-10-24(34)35)30-26(36)22-19-23(42-18-17-40-16-15-39-2)31-25(29-22)20-7-5-4-6-8-20/h4-8,19,21H,3,9-18H2,1-2H3,(H,30,36)(H,34,35)/t21-/m0/s1. The topological polar surface area (TPSA) is 170 Å². The average molecular weight is 588 g/mol. The number of carboxylic acid groups (broad SMARTS) is 1. The molecule has 0 aliphatic carbocycles. The van der Waals surface area contributed by atoms with E-state index in [1.807, 2.05) is 6.07 Å². The van der Waals surface area contributed by atoms with Crippen LogP contribution in [0, 0.1) is 0 Å². The van der Waals surface area contributed by atoms with Gasteiger partial charge in [-0.3, -0.25) is 14.4 Å². The summed E-state index contributed by atoms with van der Waals surface area (Å²) >= 11 is 0. The van der Waals surface area contributed by atoms with E-state index in [-0.39, 0.29) is 76.2 Å². The Bertz CT molecular complexity index is 1190. The first kappa shape index (κ1) is 32.2. The fourth-order valence-electron chi connectivity index (χ4n) is 4.08. The second-order valence-corrected chi connectivity index (χ2v) is 9.20. The molecule has 1 atom stereocenters. The van der Waals surface area contributed by atoms with Gasteiger partial charge in [0.05, 0.1) is 26.4 Å². The molecule has 0 spiro atoms. The molecule has 1 aliphatic rings. The van der Waals surface area contributed by atoms with Crippen molar-refractivity contribution in [1.82, 2.24) is 25.1 Å². The van der Waals surface area contributed by atoms with E-state index in [0.717, 1.165) is 0 Å². The monoisotopic (exact) mass is 587 g/mol. The highest BCUT2D eigenvalue weighted by Crippen LogP contribution is 2.20. The summed E-state index contributed by atoms with van der Waals surface area (Å²) in [4.78, 5) is 61.9. The predicted molar refractivity (Wildman–Crippen MR) is 149 cm³/mol. The molecule has 1 aromatic heterocycles. The van der Waals surface area contributed by atoms with Gasteiger partial charge in [-0.05, 0) is 13.3 Å². The zero-order valence-electron chi connectivity index (χ0n) is 23.8. The van der Waals surface area contributed by atoms with Crippen molar-refractivity contribution < 1.29 is 43.2 Å². The number of ether oxygens (including phenoxy) is 4. The fourth-order valence-corrected chi connectivity index (χ4v) is 4.08. The highest BCUT2D eigenvalue weighted by Gasteiger charge is 2.31. The first-order valence-corrected chi connectivity index (χ1v) is 13.7. The Morgan fingerprint density at radius 3 is 2.33 bits per heavy atom. The molecule has 42 heavy (non-hydrogen) atoms. The highest BCUT2D eigenvalue weighted by molar-refractivity contribution is 5.96. The predicted octanol–water partition coefficient (Wildman–Crippen LogP) is 1.45. The third kappa shape index (κ3) is 9.96. The van der Waals surface area contributed by atoms with Crippen molar-refractivity contribution in [3.8, 4) is 17.3 Å². The maximum absolute atomic E-state index is 13.4. The number of amides is 3. The quantitative estimate of drug-likeness (QED) is 0.289. The normalized spacial score (nSPS) is 13.8. The van der Waals surface area contributed by atoms with Crippen LogP contribution in [0.4, 0.5) is 4.79 Å². The van der Waals surface area contributed by atoms with Crippen molar-refractivity contribution in [3.63, 3.8) is 0 Å². The second-order valence-electron chi connectivity index (χ2n) is 9.20. The molecule has 14 heteroatoms. The number of hydrogen-bond donors (Lipinski definition) is 2. The maximum Gasteiger partial charge on any atom is 0.409 e. The minimum atomic E-state index is -1.13. The first-order valence-electron chi connectivity index (χ1n) is 13.7. The minimum absolute atomic E-state index is 0.0561. The second kappa shape index (κ2) is 16.8. The fraction of sp³-hybridized carbons (Fsp3) is 0.500. The largest absolute Gasteiger partial charge is 0.481 e. The van der Waals surface area contributed by atoms with E-state index in [4.69, 9.17) is 18.9 Å². The van der Waals surface area contributed by atoms with Crippen LogP contribution in [0.2, 0.25) is 0 Å². The molecule has 1 aromatic carbocycles. The molecule has 2 N–H and O–H groups in total. The summed E-state index contributed by atoms with van der Waals surface area (Å²) in [6.45, 7) is 4.17. The van der Waals surface area contributed by atoms with E-state index in [0.29, 0.717) is 18.8 Å². The van der Waals surface area contributed by atoms with Crippen molar-refractivity contribution >= 4 is 23.9 Å². The van der Waals surface area contributed by atoms with Crippen LogP contribution in [0.15, 0.2) is 36.4 Å². The summed E-state index contributed by atoms with van der Waals surface area (Å²) in [6.07, 6.45) is -0.926. The molecule has 3 amide bonds. The van der Waals surface area contributed by atoms with Crippen LogP contribution in [0.5, 0.6) is 5.88 Å². The summed E-state index contributed by atoms with van der Waals surface area (Å²) < 4.78 is 21.1. The van der Waals surface area contributed by atoms with Crippen LogP contribution >= 0.6 is 0 Å². The summed E-state index contributed by atoms with van der Waals surface area (Å²) in [6, 6.07) is 9.23. The molecule has 1 saturated heterocycles. The summed E-state index contributed by atoms with van der Waals surface area (Å²) in [7, 11) is 1.57. The van der Waals surface area contributed by atoms with Gasteiger partial charge in [-0.15, -0.1) is 0 Å². The lowest BCUT2D eigenvalue weighted by molar-refractivity contribution is -0.138. The number of benzene rings is 1. The SMILES string of the molecule is CCOC(=O)N1CCN(C(=O)[C@H](CCC(=O)O)NC(=O)c2cc(OCCOCCOC)nc(-c3ccccc3)n2)CC1. The van der Waals surface area contributed by atoms with Crippen molar-refractivity contribution in [3.05, 3.63) is 42.1 Å². The van der Waals surface area contributed by atoms with Crippen molar-refractivity contribution in [2.45, 2.75) is 25.8 Å². The minimum Gasteiger partial charge on any atom is -0.481 e. The van der Waals surface area contributed by atoms with Gasteiger partial charge in [0.25, 0.3) is 5.91 Å². The Morgan fingerprint density at radius 1 is 0.976 bits per heavy atom. The summed E-state index contributed by atoms with van der Waals surface area (Å²) in [5.41, 5.74) is 0.589. The molecule has 1 aliphatic heterocycles. The lowest BCUT2D eigenvalue weighted by Crippen LogP contribution is -2.56. The number of hydrogen-bond acceptors (Lipinski definition) is 10. The van der Waals surface area contributed by atoms with Crippen LogP contribution in [-0.2, 0) is 23.8 Å². The van der Waals surface area contributed by atoms with E-state index in [1.54, 1.807) is 38.3 Å². The molecule has 228 valence electrons. The van der Waals surface area contributed by atoms with Gasteiger partial charge in [-0.1, -0.05) is 30.3 Å². The number of nitrogens with one attached hydrogen (secondary N) is 1. The zero-order chi connectivity index (χ0) is 30.3. The molecule has 2 heterocycles. The van der Waals surface area contributed by atoms with E-state index < -0.39 is 29.9 Å². The number of piperazine rings is 1. The van der Waals surface area contributed by atoms with E-state index in [2.05, 4.69) is 15.3 Å². The number of aliphatic carboxylic acids is 1. The van der Waals surface area contributed by atoms with Crippen LogP contribution in [0.3, 0.4) is 0 Å². The van der Waals surface area contributed by atoms with E-state index in [9.17, 15) is 24.3 Å². The van der Waals surface area contributed by atoms with Gasteiger partial charge in [0.15, 0.2) is 5.82 Å². The molecular weight excluding hydrogens is 550 g/mol. The van der Waals surface area contributed by atoms with Crippen molar-refractivity contribution in [2.24, 2.45) is 0 Å². The molecular formula is C28H37N5O9. The number of nitrogens with zero attached hydrogens (tertiary/aromatic N) is 4. The smallest absolute Gasteiger partial charge is 0.409 e. The molecule has 14 nitrogen and oxygen atoms in total. The Hall–Kier alpha value is -4.30. The van der Waals surface area contributed by atoms with E-state index >= 15 is 0 Å². The molecule has 0 unspecified atom stereocenters. The number of aromatic nitrogens is 2. The van der Waals surface area contributed by atoms with Gasteiger partial charge in [0, 0.05) is 51.3 Å². The third-order valence-corrected chi connectivity index (χ3v) is 6.24. The van der Waals surface area contributed by atoms with Gasteiger partial charge in [-0.2, -0.15) is 4.98 Å². The third-order valence-electron chi connectivity index (χ3n) is 6.24. The highest BCUT2D eigenvalue weighted by atomic mass is 16.6. The van der Waals surface area contributed by atoms with Gasteiger partial charge in [-0.25, -0.2) is 9.78 Å². The van der Waals surface area contributed by atoms with Crippen LogP contribution in [0.25, 0.3) is 11.4 Å². The number of carbonyl (C=O) groups is 4. The Morgan fingerprint density at radius 2 is 1.67 bits per heavy atom.